The van der Waals surface area contributed by atoms with Crippen LogP contribution in [0.15, 0.2) is 0 Å². The maximum Gasteiger partial charge on any atom is 0.344 e. The molecule has 64 valence electrons. The standard InChI is InChI=1S/C6H11NO4/c1-3(7)6(10)11-4(2)5(8)9/h3-4H,7H2,1-2H3,(H,8,9)/t3-,4?/m0/s1. The third kappa shape index (κ3) is 3.57. The average Bonchev–Trinajstić information content (AvgIpc) is 1.87. The Hall–Kier alpha value is -1.10. The maximum absolute atomic E-state index is 10.6. The predicted molar refractivity (Wildman–Crippen MR) is 36.8 cm³/mol. The fourth-order valence-corrected chi connectivity index (χ4v) is 0.332. The maximum atomic E-state index is 10.6. The van der Waals surface area contributed by atoms with Crippen molar-refractivity contribution in [3.05, 3.63) is 0 Å². The Morgan fingerprint density at radius 1 is 1.45 bits per heavy atom. The van der Waals surface area contributed by atoms with Crippen molar-refractivity contribution in [2.24, 2.45) is 5.73 Å². The third-order valence-electron chi connectivity index (χ3n) is 1.01. The van der Waals surface area contributed by atoms with E-state index in [0.717, 1.165) is 0 Å². The van der Waals surface area contributed by atoms with Crippen molar-refractivity contribution in [3.63, 3.8) is 0 Å². The lowest BCUT2D eigenvalue weighted by atomic mass is 10.3. The van der Waals surface area contributed by atoms with Crippen molar-refractivity contribution in [1.29, 1.82) is 0 Å². The number of rotatable bonds is 3. The van der Waals surface area contributed by atoms with Gasteiger partial charge in [-0.05, 0) is 13.8 Å². The summed E-state index contributed by atoms with van der Waals surface area (Å²) in [5, 5.41) is 8.29. The Kier molecular flexibility index (Phi) is 3.53. The van der Waals surface area contributed by atoms with Crippen LogP contribution in [-0.2, 0) is 14.3 Å². The summed E-state index contributed by atoms with van der Waals surface area (Å²) in [4.78, 5) is 20.8. The summed E-state index contributed by atoms with van der Waals surface area (Å²) in [6.45, 7) is 2.69. The number of hydrogen-bond acceptors (Lipinski definition) is 4. The van der Waals surface area contributed by atoms with Gasteiger partial charge in [-0.25, -0.2) is 4.79 Å². The molecule has 0 saturated heterocycles. The van der Waals surface area contributed by atoms with Crippen LogP contribution in [0, 0.1) is 0 Å². The van der Waals surface area contributed by atoms with E-state index in [9.17, 15) is 9.59 Å². The largest absolute Gasteiger partial charge is 0.479 e. The van der Waals surface area contributed by atoms with E-state index in [0.29, 0.717) is 0 Å². The van der Waals surface area contributed by atoms with Crippen molar-refractivity contribution in [3.8, 4) is 0 Å². The number of carboxylic acids is 1. The van der Waals surface area contributed by atoms with E-state index < -0.39 is 24.1 Å². The molecule has 3 N–H and O–H groups in total. The predicted octanol–water partition coefficient (Wildman–Crippen LogP) is -0.650. The van der Waals surface area contributed by atoms with Crippen molar-refractivity contribution in [1.82, 2.24) is 0 Å². The van der Waals surface area contributed by atoms with Crippen LogP contribution < -0.4 is 5.73 Å². The molecule has 5 nitrogen and oxygen atoms in total. The van der Waals surface area contributed by atoms with Crippen LogP contribution in [0.4, 0.5) is 0 Å². The van der Waals surface area contributed by atoms with Gasteiger partial charge in [-0.1, -0.05) is 0 Å². The molecule has 0 rings (SSSR count). The number of esters is 1. The zero-order chi connectivity index (χ0) is 9.02. The minimum atomic E-state index is -1.18. The number of nitrogens with two attached hydrogens (primary N) is 1. The molecular weight excluding hydrogens is 150 g/mol. The normalized spacial score (nSPS) is 15.2. The molecule has 0 amide bonds. The lowest BCUT2D eigenvalue weighted by molar-refractivity contribution is -0.163. The zero-order valence-corrected chi connectivity index (χ0v) is 6.40. The first-order chi connectivity index (χ1) is 4.95. The number of carbonyl (C=O) groups excluding carboxylic acids is 1. The molecule has 0 spiro atoms. The van der Waals surface area contributed by atoms with Crippen molar-refractivity contribution >= 4 is 11.9 Å². The molecule has 0 fully saturated rings. The molecule has 0 aliphatic carbocycles. The number of aliphatic carboxylic acids is 1. The zero-order valence-electron chi connectivity index (χ0n) is 6.40. The van der Waals surface area contributed by atoms with E-state index in [2.05, 4.69) is 4.74 Å². The molecule has 0 saturated carbocycles. The van der Waals surface area contributed by atoms with E-state index >= 15 is 0 Å². The summed E-state index contributed by atoms with van der Waals surface area (Å²) < 4.78 is 4.41. The summed E-state index contributed by atoms with van der Waals surface area (Å²) in [5.74, 6) is -1.89. The van der Waals surface area contributed by atoms with Gasteiger partial charge < -0.3 is 15.6 Å². The van der Waals surface area contributed by atoms with Crippen LogP contribution >= 0.6 is 0 Å². The first-order valence-corrected chi connectivity index (χ1v) is 3.14. The molecular formula is C6H11NO4. The van der Waals surface area contributed by atoms with Gasteiger partial charge in [-0.15, -0.1) is 0 Å². The Labute approximate surface area is 64.1 Å². The van der Waals surface area contributed by atoms with E-state index in [1.165, 1.54) is 13.8 Å². The van der Waals surface area contributed by atoms with Gasteiger partial charge in [-0.3, -0.25) is 4.79 Å². The monoisotopic (exact) mass is 161 g/mol. The molecule has 5 heteroatoms. The molecule has 0 heterocycles. The molecule has 0 aliphatic rings. The molecule has 0 aromatic carbocycles. The highest BCUT2D eigenvalue weighted by atomic mass is 16.6. The molecule has 0 aromatic rings. The van der Waals surface area contributed by atoms with Crippen LogP contribution in [0.1, 0.15) is 13.8 Å². The van der Waals surface area contributed by atoms with Gasteiger partial charge in [0.05, 0.1) is 0 Å². The summed E-state index contributed by atoms with van der Waals surface area (Å²) in [5.41, 5.74) is 5.12. The molecule has 0 aliphatic heterocycles. The van der Waals surface area contributed by atoms with Crippen LogP contribution in [0.2, 0.25) is 0 Å². The van der Waals surface area contributed by atoms with Gasteiger partial charge >= 0.3 is 11.9 Å². The first kappa shape index (κ1) is 9.90. The highest BCUT2D eigenvalue weighted by Crippen LogP contribution is 1.93. The van der Waals surface area contributed by atoms with Gasteiger partial charge in [0.25, 0.3) is 0 Å². The van der Waals surface area contributed by atoms with Gasteiger partial charge in [0.2, 0.25) is 0 Å². The van der Waals surface area contributed by atoms with Gasteiger partial charge in [-0.2, -0.15) is 0 Å². The van der Waals surface area contributed by atoms with Crippen molar-refractivity contribution in [2.45, 2.75) is 26.0 Å². The summed E-state index contributed by atoms with van der Waals surface area (Å²) in [6.07, 6.45) is -1.13. The van der Waals surface area contributed by atoms with Crippen LogP contribution in [0.3, 0.4) is 0 Å². The van der Waals surface area contributed by atoms with E-state index in [-0.39, 0.29) is 0 Å². The lowest BCUT2D eigenvalue weighted by Gasteiger charge is -2.09. The number of carbonyl (C=O) groups is 2. The number of hydrogen-bond donors (Lipinski definition) is 2. The lowest BCUT2D eigenvalue weighted by Crippen LogP contribution is -2.34. The minimum absolute atomic E-state index is 0.708. The van der Waals surface area contributed by atoms with Crippen LogP contribution in [0.25, 0.3) is 0 Å². The quantitative estimate of drug-likeness (QED) is 0.537. The molecule has 0 radical (unpaired) electrons. The number of ether oxygens (including phenoxy) is 1. The summed E-state index contributed by atoms with van der Waals surface area (Å²) in [6, 6.07) is -0.781. The Morgan fingerprint density at radius 2 is 1.91 bits per heavy atom. The second kappa shape index (κ2) is 3.92. The SMILES string of the molecule is CC(OC(=O)[C@H](C)N)C(=O)O. The minimum Gasteiger partial charge on any atom is -0.479 e. The van der Waals surface area contributed by atoms with Gasteiger partial charge in [0.1, 0.15) is 6.04 Å². The Balaban J connectivity index is 3.85. The Morgan fingerprint density at radius 3 is 2.18 bits per heavy atom. The van der Waals surface area contributed by atoms with Crippen molar-refractivity contribution in [2.75, 3.05) is 0 Å². The molecule has 0 bridgehead atoms. The number of carboxylic acid groups (broad SMARTS) is 1. The van der Waals surface area contributed by atoms with Gasteiger partial charge in [0.15, 0.2) is 6.10 Å². The van der Waals surface area contributed by atoms with Crippen LogP contribution in [0.5, 0.6) is 0 Å². The molecule has 1 unspecified atom stereocenters. The Bertz CT molecular complexity index is 166. The topological polar surface area (TPSA) is 89.6 Å². The molecule has 2 atom stereocenters. The fraction of sp³-hybridized carbons (Fsp3) is 0.667. The summed E-state index contributed by atoms with van der Waals surface area (Å²) >= 11 is 0. The molecule has 0 aromatic heterocycles. The van der Waals surface area contributed by atoms with E-state index in [4.69, 9.17) is 10.8 Å². The first-order valence-electron chi connectivity index (χ1n) is 3.14. The third-order valence-corrected chi connectivity index (χ3v) is 1.01. The second-order valence-corrected chi connectivity index (χ2v) is 2.21. The smallest absolute Gasteiger partial charge is 0.344 e. The van der Waals surface area contributed by atoms with Gasteiger partial charge in [0, 0.05) is 0 Å². The highest BCUT2D eigenvalue weighted by Gasteiger charge is 2.18. The van der Waals surface area contributed by atoms with E-state index in [1.807, 2.05) is 0 Å². The van der Waals surface area contributed by atoms with Crippen LogP contribution in [-0.4, -0.2) is 29.2 Å². The van der Waals surface area contributed by atoms with E-state index in [1.54, 1.807) is 0 Å². The summed E-state index contributed by atoms with van der Waals surface area (Å²) in [7, 11) is 0. The van der Waals surface area contributed by atoms with Crippen molar-refractivity contribution < 1.29 is 19.4 Å². The fourth-order valence-electron chi connectivity index (χ4n) is 0.332. The highest BCUT2D eigenvalue weighted by molar-refractivity contribution is 5.80. The average molecular weight is 161 g/mol. The second-order valence-electron chi connectivity index (χ2n) is 2.21. The molecule has 11 heavy (non-hydrogen) atoms.